The van der Waals surface area contributed by atoms with Crippen molar-refractivity contribution in [1.82, 2.24) is 25.2 Å². The van der Waals surface area contributed by atoms with Gasteiger partial charge >= 0.3 is 0 Å². The zero-order chi connectivity index (χ0) is 20.5. The smallest absolute Gasteiger partial charge is 0.221 e. The van der Waals surface area contributed by atoms with Crippen LogP contribution in [0.4, 0.5) is 19.6 Å². The highest BCUT2D eigenvalue weighted by molar-refractivity contribution is 7.19. The molecule has 8 nitrogen and oxygen atoms in total. The van der Waals surface area contributed by atoms with Gasteiger partial charge in [0.15, 0.2) is 17.5 Å². The fourth-order valence-corrected chi connectivity index (χ4v) is 3.63. The van der Waals surface area contributed by atoms with Gasteiger partial charge in [-0.3, -0.25) is 4.79 Å². The first-order valence-corrected chi connectivity index (χ1v) is 9.12. The number of aromatic nitrogens is 5. The van der Waals surface area contributed by atoms with Gasteiger partial charge in [-0.05, 0) is 40.8 Å². The largest absolute Gasteiger partial charge is 0.383 e. The molecule has 0 aliphatic heterocycles. The highest BCUT2D eigenvalue weighted by Crippen LogP contribution is 2.35. The predicted octanol–water partition coefficient (Wildman–Crippen LogP) is 3.27. The number of hydrogen-bond acceptors (Lipinski definition) is 7. The summed E-state index contributed by atoms with van der Waals surface area (Å²) in [4.78, 5) is 16.2. The minimum Gasteiger partial charge on any atom is -0.383 e. The van der Waals surface area contributed by atoms with Crippen molar-refractivity contribution in [3.05, 3.63) is 54.2 Å². The van der Waals surface area contributed by atoms with Crippen LogP contribution in [0.2, 0.25) is 0 Å². The van der Waals surface area contributed by atoms with Crippen LogP contribution in [-0.4, -0.2) is 31.1 Å². The summed E-state index contributed by atoms with van der Waals surface area (Å²) in [5.74, 6) is -2.04. The molecule has 146 valence electrons. The van der Waals surface area contributed by atoms with Crippen molar-refractivity contribution in [2.75, 3.05) is 11.1 Å². The van der Waals surface area contributed by atoms with Gasteiger partial charge in [0, 0.05) is 23.6 Å². The lowest BCUT2D eigenvalue weighted by Crippen LogP contribution is -2.06. The van der Waals surface area contributed by atoms with Crippen LogP contribution in [0.1, 0.15) is 6.92 Å². The highest BCUT2D eigenvalue weighted by Gasteiger charge is 2.19. The summed E-state index contributed by atoms with van der Waals surface area (Å²) >= 11 is 1.35. The molecule has 0 spiro atoms. The van der Waals surface area contributed by atoms with Crippen molar-refractivity contribution >= 4 is 28.1 Å². The van der Waals surface area contributed by atoms with Crippen molar-refractivity contribution in [2.24, 2.45) is 0 Å². The number of benzene rings is 1. The van der Waals surface area contributed by atoms with E-state index in [0.717, 1.165) is 15.6 Å². The maximum atomic E-state index is 14.2. The number of anilines is 2. The molecule has 4 rings (SSSR count). The molecule has 0 aliphatic rings. The summed E-state index contributed by atoms with van der Waals surface area (Å²) in [6.07, 6.45) is 1.57. The van der Waals surface area contributed by atoms with Gasteiger partial charge in [0.25, 0.3) is 0 Å². The molecule has 0 radical (unpaired) electrons. The van der Waals surface area contributed by atoms with E-state index in [-0.39, 0.29) is 23.2 Å². The minimum atomic E-state index is -1.08. The van der Waals surface area contributed by atoms with Crippen LogP contribution in [0.15, 0.2) is 42.6 Å². The molecule has 4 aromatic rings. The monoisotopic (exact) mass is 413 g/mol. The minimum absolute atomic E-state index is 0.111. The van der Waals surface area contributed by atoms with E-state index in [4.69, 9.17) is 5.73 Å². The van der Waals surface area contributed by atoms with Crippen LogP contribution >= 0.6 is 11.3 Å². The lowest BCUT2D eigenvalue weighted by Gasteiger charge is -2.09. The van der Waals surface area contributed by atoms with Gasteiger partial charge in [0.1, 0.15) is 11.5 Å². The zero-order valence-corrected chi connectivity index (χ0v) is 15.7. The summed E-state index contributed by atoms with van der Waals surface area (Å²) in [5.41, 5.74) is 6.90. The Bertz CT molecular complexity index is 1220. The fourth-order valence-electron chi connectivity index (χ4n) is 2.70. The molecule has 0 fully saturated rings. The molecule has 29 heavy (non-hydrogen) atoms. The average Bonchev–Trinajstić information content (AvgIpc) is 3.34. The number of nitrogens with zero attached hydrogens (tertiary/aromatic N) is 5. The van der Waals surface area contributed by atoms with Crippen molar-refractivity contribution in [2.45, 2.75) is 6.92 Å². The van der Waals surface area contributed by atoms with Gasteiger partial charge < -0.3 is 11.1 Å². The lowest BCUT2D eigenvalue weighted by molar-refractivity contribution is -0.114. The van der Waals surface area contributed by atoms with E-state index < -0.39 is 11.6 Å². The molecule has 0 saturated heterocycles. The Morgan fingerprint density at radius 3 is 2.86 bits per heavy atom. The molecular weight excluding hydrogens is 400 g/mol. The third-order valence-corrected chi connectivity index (χ3v) is 5.03. The molecule has 0 bridgehead atoms. The number of tetrazole rings is 1. The Morgan fingerprint density at radius 2 is 2.07 bits per heavy atom. The van der Waals surface area contributed by atoms with E-state index in [1.165, 1.54) is 30.4 Å². The number of nitrogens with one attached hydrogen (secondary N) is 1. The molecule has 0 atom stereocenters. The van der Waals surface area contributed by atoms with E-state index in [1.54, 1.807) is 18.3 Å². The normalized spacial score (nSPS) is 10.9. The second-order valence-electron chi connectivity index (χ2n) is 5.99. The van der Waals surface area contributed by atoms with Crippen LogP contribution in [0.25, 0.3) is 27.5 Å². The quantitative estimate of drug-likeness (QED) is 0.531. The van der Waals surface area contributed by atoms with Crippen LogP contribution in [0.3, 0.4) is 0 Å². The maximum Gasteiger partial charge on any atom is 0.221 e. The fraction of sp³-hybridized carbons (Fsp3) is 0.0556. The number of hydrogen-bond donors (Lipinski definition) is 2. The van der Waals surface area contributed by atoms with Crippen molar-refractivity contribution < 1.29 is 13.6 Å². The first-order valence-electron chi connectivity index (χ1n) is 8.30. The molecule has 1 amide bonds. The number of carbonyl (C=O) groups is 1. The number of thiophene rings is 1. The van der Waals surface area contributed by atoms with Crippen LogP contribution < -0.4 is 11.1 Å². The molecule has 11 heteroatoms. The van der Waals surface area contributed by atoms with Crippen LogP contribution in [0.5, 0.6) is 0 Å². The Kier molecular flexibility index (Phi) is 4.72. The third kappa shape index (κ3) is 3.55. The number of rotatable bonds is 4. The van der Waals surface area contributed by atoms with Gasteiger partial charge in [0.2, 0.25) is 5.91 Å². The summed E-state index contributed by atoms with van der Waals surface area (Å²) in [6.45, 7) is 1.42. The summed E-state index contributed by atoms with van der Waals surface area (Å²) in [7, 11) is 0. The number of halogens is 2. The van der Waals surface area contributed by atoms with E-state index in [2.05, 4.69) is 25.8 Å². The van der Waals surface area contributed by atoms with Gasteiger partial charge in [0.05, 0.1) is 10.6 Å². The summed E-state index contributed by atoms with van der Waals surface area (Å²) in [5, 5.41) is 14.6. The number of nitrogens with two attached hydrogens (primary N) is 1. The van der Waals surface area contributed by atoms with Crippen molar-refractivity contribution in [3.8, 4) is 27.5 Å². The number of pyridine rings is 1. The van der Waals surface area contributed by atoms with Gasteiger partial charge in [-0.1, -0.05) is 6.07 Å². The number of nitrogen functional groups attached to an aromatic ring is 1. The summed E-state index contributed by atoms with van der Waals surface area (Å²) in [6, 6.07) is 9.00. The van der Waals surface area contributed by atoms with E-state index in [1.807, 2.05) is 6.07 Å². The van der Waals surface area contributed by atoms with E-state index >= 15 is 0 Å². The average molecular weight is 413 g/mol. The van der Waals surface area contributed by atoms with Crippen LogP contribution in [0, 0.1) is 11.6 Å². The second-order valence-corrected chi connectivity index (χ2v) is 7.07. The predicted molar refractivity (Wildman–Crippen MR) is 104 cm³/mol. The molecule has 0 aliphatic carbocycles. The molecule has 3 N–H and O–H groups in total. The summed E-state index contributed by atoms with van der Waals surface area (Å²) < 4.78 is 28.9. The standard InChI is InChI=1S/C18H13F2N7OS/c1-9(28)23-15-6-5-14(29-15)10-7-11(17(21)22-8-10)18-24-25-26-27(18)13-4-2-3-12(19)16(13)20/h2-8H,1H3,(H2,21,22)(H,23,28). The Morgan fingerprint density at radius 1 is 1.24 bits per heavy atom. The van der Waals surface area contributed by atoms with E-state index in [0.29, 0.717) is 16.1 Å². The maximum absolute atomic E-state index is 14.2. The molecule has 0 unspecified atom stereocenters. The lowest BCUT2D eigenvalue weighted by atomic mass is 10.1. The Hall–Kier alpha value is -3.73. The molecular formula is C18H13F2N7OS. The van der Waals surface area contributed by atoms with Crippen molar-refractivity contribution in [3.63, 3.8) is 0 Å². The van der Waals surface area contributed by atoms with Gasteiger partial charge in [-0.25, -0.2) is 13.8 Å². The van der Waals surface area contributed by atoms with Crippen molar-refractivity contribution in [1.29, 1.82) is 0 Å². The SMILES string of the molecule is CC(=O)Nc1ccc(-c2cnc(N)c(-c3nnnn3-c3cccc(F)c3F)c2)s1. The zero-order valence-electron chi connectivity index (χ0n) is 14.9. The molecule has 3 heterocycles. The first-order chi connectivity index (χ1) is 13.9. The Labute approximate surface area is 167 Å². The topological polar surface area (TPSA) is 112 Å². The molecule has 0 saturated carbocycles. The molecule has 1 aromatic carbocycles. The van der Waals surface area contributed by atoms with Gasteiger partial charge in [-0.15, -0.1) is 16.4 Å². The third-order valence-electron chi connectivity index (χ3n) is 3.98. The number of amides is 1. The van der Waals surface area contributed by atoms with E-state index in [9.17, 15) is 13.6 Å². The Balaban J connectivity index is 1.79. The number of carbonyl (C=O) groups excluding carboxylic acids is 1. The second kappa shape index (κ2) is 7.36. The van der Waals surface area contributed by atoms with Crippen LogP contribution in [-0.2, 0) is 4.79 Å². The van der Waals surface area contributed by atoms with Gasteiger partial charge in [-0.2, -0.15) is 4.68 Å². The molecule has 3 aromatic heterocycles. The highest BCUT2D eigenvalue weighted by atomic mass is 32.1. The first kappa shape index (κ1) is 18.6.